The summed E-state index contributed by atoms with van der Waals surface area (Å²) in [6.45, 7) is 1.92. The van der Waals surface area contributed by atoms with Crippen LogP contribution in [0.1, 0.15) is 19.8 Å². The van der Waals surface area contributed by atoms with Gasteiger partial charge in [-0.25, -0.2) is 14.6 Å². The van der Waals surface area contributed by atoms with Gasteiger partial charge in [-0.1, -0.05) is 13.3 Å². The van der Waals surface area contributed by atoms with Crippen molar-refractivity contribution in [3.8, 4) is 0 Å². The van der Waals surface area contributed by atoms with Crippen LogP contribution in [-0.2, 0) is 4.79 Å². The van der Waals surface area contributed by atoms with Crippen LogP contribution < -0.4 is 11.3 Å². The summed E-state index contributed by atoms with van der Waals surface area (Å²) < 4.78 is 26.1. The Morgan fingerprint density at radius 1 is 1.53 bits per heavy atom. The third-order valence-electron chi connectivity index (χ3n) is 2.15. The van der Waals surface area contributed by atoms with Crippen LogP contribution in [0.3, 0.4) is 0 Å². The molecule has 0 radical (unpaired) electrons. The molecule has 3 nitrogen and oxygen atoms in total. The third kappa shape index (κ3) is 3.98. The lowest BCUT2D eigenvalue weighted by molar-refractivity contribution is -0.120. The molecule has 0 aromatic heterocycles. The molecule has 1 aromatic rings. The molecule has 1 amide bonds. The maximum Gasteiger partial charge on any atom is 0.247 e. The minimum absolute atomic E-state index is 0.244. The molecule has 1 rings (SSSR count). The van der Waals surface area contributed by atoms with Crippen LogP contribution in [0.2, 0.25) is 0 Å². The summed E-state index contributed by atoms with van der Waals surface area (Å²) in [5.74, 6) is 3.39. The summed E-state index contributed by atoms with van der Waals surface area (Å²) in [5.41, 5.74) is 2.04. The molecule has 0 heterocycles. The van der Waals surface area contributed by atoms with Gasteiger partial charge in [0, 0.05) is 11.0 Å². The molecule has 0 spiro atoms. The predicted octanol–water partition coefficient (Wildman–Crippen LogP) is 2.22. The van der Waals surface area contributed by atoms with Crippen molar-refractivity contribution in [2.75, 3.05) is 0 Å². The van der Waals surface area contributed by atoms with Crippen molar-refractivity contribution in [3.05, 3.63) is 29.8 Å². The average molecular weight is 260 g/mol. The highest BCUT2D eigenvalue weighted by atomic mass is 32.2. The zero-order valence-electron chi connectivity index (χ0n) is 9.37. The number of carbonyl (C=O) groups is 1. The fraction of sp³-hybridized carbons (Fsp3) is 0.364. The molecule has 0 saturated carbocycles. The molecule has 0 aliphatic rings. The van der Waals surface area contributed by atoms with Crippen molar-refractivity contribution in [1.82, 2.24) is 5.43 Å². The molecule has 0 fully saturated rings. The van der Waals surface area contributed by atoms with Crippen LogP contribution in [0.25, 0.3) is 0 Å². The molecule has 1 aromatic carbocycles. The second-order valence-corrected chi connectivity index (χ2v) is 4.72. The largest absolute Gasteiger partial charge is 0.293 e. The first kappa shape index (κ1) is 13.9. The molecule has 6 heteroatoms. The molecule has 94 valence electrons. The minimum Gasteiger partial charge on any atom is -0.293 e. The number of nitrogens with one attached hydrogen (secondary N) is 1. The fourth-order valence-corrected chi connectivity index (χ4v) is 2.48. The highest BCUT2D eigenvalue weighted by Crippen LogP contribution is 2.29. The number of hydrazine groups is 1. The van der Waals surface area contributed by atoms with Gasteiger partial charge in [-0.05, 0) is 18.6 Å². The summed E-state index contributed by atoms with van der Waals surface area (Å²) in [5, 5.41) is -0.468. The Balaban J connectivity index is 2.82. The van der Waals surface area contributed by atoms with Crippen LogP contribution in [0.15, 0.2) is 23.1 Å². The van der Waals surface area contributed by atoms with E-state index in [0.717, 1.165) is 30.3 Å². The Kier molecular flexibility index (Phi) is 5.37. The number of hydrogen-bond acceptors (Lipinski definition) is 3. The number of rotatable bonds is 5. The highest BCUT2D eigenvalue weighted by Gasteiger charge is 2.19. The van der Waals surface area contributed by atoms with Gasteiger partial charge in [0.15, 0.2) is 0 Å². The van der Waals surface area contributed by atoms with Crippen LogP contribution in [0.4, 0.5) is 8.78 Å². The molecule has 0 aliphatic heterocycles. The van der Waals surface area contributed by atoms with Gasteiger partial charge in [-0.3, -0.25) is 10.2 Å². The zero-order valence-corrected chi connectivity index (χ0v) is 10.2. The van der Waals surface area contributed by atoms with Gasteiger partial charge < -0.3 is 0 Å². The maximum absolute atomic E-state index is 13.4. The Labute approximate surface area is 103 Å². The number of amides is 1. The molecule has 17 heavy (non-hydrogen) atoms. The first-order valence-electron chi connectivity index (χ1n) is 5.20. The quantitative estimate of drug-likeness (QED) is 0.369. The van der Waals surface area contributed by atoms with Gasteiger partial charge in [-0.15, -0.1) is 11.8 Å². The number of nitrogens with two attached hydrogens (primary N) is 1. The molecule has 0 saturated heterocycles. The van der Waals surface area contributed by atoms with Gasteiger partial charge in [0.25, 0.3) is 0 Å². The van der Waals surface area contributed by atoms with Gasteiger partial charge in [0.2, 0.25) is 5.91 Å². The average Bonchev–Trinajstić information content (AvgIpc) is 2.30. The molecule has 0 aliphatic carbocycles. The van der Waals surface area contributed by atoms with E-state index in [0.29, 0.717) is 6.42 Å². The summed E-state index contributed by atoms with van der Waals surface area (Å²) in [4.78, 5) is 11.7. The van der Waals surface area contributed by atoms with Crippen LogP contribution in [0.5, 0.6) is 0 Å². The van der Waals surface area contributed by atoms with Crippen LogP contribution in [0, 0.1) is 11.6 Å². The van der Waals surface area contributed by atoms with Crippen molar-refractivity contribution in [3.63, 3.8) is 0 Å². The molecular weight excluding hydrogens is 246 g/mol. The van der Waals surface area contributed by atoms with Crippen molar-refractivity contribution >= 4 is 17.7 Å². The maximum atomic E-state index is 13.4. The lowest BCUT2D eigenvalue weighted by Crippen LogP contribution is -2.37. The molecule has 0 bridgehead atoms. The van der Waals surface area contributed by atoms with Gasteiger partial charge in [-0.2, -0.15) is 0 Å². The minimum atomic E-state index is -0.666. The second kappa shape index (κ2) is 6.56. The predicted molar refractivity (Wildman–Crippen MR) is 63.2 cm³/mol. The van der Waals surface area contributed by atoms with E-state index in [2.05, 4.69) is 0 Å². The Morgan fingerprint density at radius 2 is 2.24 bits per heavy atom. The van der Waals surface area contributed by atoms with E-state index in [4.69, 9.17) is 5.84 Å². The Bertz CT molecular complexity index is 401. The van der Waals surface area contributed by atoms with E-state index >= 15 is 0 Å². The van der Waals surface area contributed by atoms with Crippen molar-refractivity contribution in [2.24, 2.45) is 5.84 Å². The van der Waals surface area contributed by atoms with Crippen LogP contribution >= 0.6 is 11.8 Å². The van der Waals surface area contributed by atoms with Gasteiger partial charge in [0.05, 0.1) is 5.25 Å². The Morgan fingerprint density at radius 3 is 2.76 bits per heavy atom. The Hall–Kier alpha value is -1.14. The SMILES string of the molecule is CCCC(Sc1ccc(F)cc1F)C(=O)NN. The molecular formula is C11H14F2N2OS. The van der Waals surface area contributed by atoms with Crippen molar-refractivity contribution in [1.29, 1.82) is 0 Å². The van der Waals surface area contributed by atoms with E-state index in [9.17, 15) is 13.6 Å². The van der Waals surface area contributed by atoms with Crippen molar-refractivity contribution < 1.29 is 13.6 Å². The van der Waals surface area contributed by atoms with E-state index in [1.54, 1.807) is 0 Å². The number of thioether (sulfide) groups is 1. The molecule has 1 atom stereocenters. The first-order chi connectivity index (χ1) is 8.08. The summed E-state index contributed by atoms with van der Waals surface area (Å²) in [6.07, 6.45) is 1.35. The number of benzene rings is 1. The lowest BCUT2D eigenvalue weighted by atomic mass is 10.2. The highest BCUT2D eigenvalue weighted by molar-refractivity contribution is 8.00. The van der Waals surface area contributed by atoms with E-state index < -0.39 is 16.9 Å². The van der Waals surface area contributed by atoms with E-state index in [1.165, 1.54) is 6.07 Å². The second-order valence-electron chi connectivity index (χ2n) is 3.48. The number of carbonyl (C=O) groups excluding carboxylic acids is 1. The number of hydrogen-bond donors (Lipinski definition) is 2. The summed E-state index contributed by atoms with van der Waals surface area (Å²) in [7, 11) is 0. The molecule has 1 unspecified atom stereocenters. The van der Waals surface area contributed by atoms with E-state index in [-0.39, 0.29) is 10.8 Å². The van der Waals surface area contributed by atoms with Crippen molar-refractivity contribution in [2.45, 2.75) is 29.9 Å². The summed E-state index contributed by atoms with van der Waals surface area (Å²) in [6, 6.07) is 3.28. The standard InChI is InChI=1S/C11H14F2N2OS/c1-2-3-10(11(16)15-14)17-9-5-4-7(12)6-8(9)13/h4-6,10H,2-3,14H2,1H3,(H,15,16). The monoisotopic (exact) mass is 260 g/mol. The molecule has 3 N–H and O–H groups in total. The fourth-order valence-electron chi connectivity index (χ4n) is 1.32. The van der Waals surface area contributed by atoms with Gasteiger partial charge in [0.1, 0.15) is 11.6 Å². The third-order valence-corrected chi connectivity index (χ3v) is 3.47. The lowest BCUT2D eigenvalue weighted by Gasteiger charge is -2.14. The smallest absolute Gasteiger partial charge is 0.247 e. The first-order valence-corrected chi connectivity index (χ1v) is 6.08. The van der Waals surface area contributed by atoms with Gasteiger partial charge >= 0.3 is 0 Å². The van der Waals surface area contributed by atoms with E-state index in [1.807, 2.05) is 12.3 Å². The normalized spacial score (nSPS) is 12.2. The topological polar surface area (TPSA) is 55.1 Å². The van der Waals surface area contributed by atoms with Crippen LogP contribution in [-0.4, -0.2) is 11.2 Å². The zero-order chi connectivity index (χ0) is 12.8. The summed E-state index contributed by atoms with van der Waals surface area (Å²) >= 11 is 1.05. The number of halogens is 2.